The molecular formula is C20H19FN4O. The van der Waals surface area contributed by atoms with Gasteiger partial charge >= 0.3 is 0 Å². The number of aromatic nitrogens is 2. The van der Waals surface area contributed by atoms with E-state index in [-0.39, 0.29) is 5.91 Å². The minimum absolute atomic E-state index is 0.134. The first kappa shape index (κ1) is 16.4. The standard InChI is InChI=1S/C20H19FN4O/c1-14-19(23-18-8-3-2-7-17(18)22-14)24-9-11-25(12-10-24)20(26)15-5-4-6-16(21)13-15/h2-8,13H,9-12H2,1H3. The molecule has 5 nitrogen and oxygen atoms in total. The molecule has 1 amide bonds. The second-order valence-electron chi connectivity index (χ2n) is 6.41. The molecule has 132 valence electrons. The highest BCUT2D eigenvalue weighted by molar-refractivity contribution is 5.94. The minimum Gasteiger partial charge on any atom is -0.352 e. The predicted octanol–water partition coefficient (Wildman–Crippen LogP) is 3.04. The summed E-state index contributed by atoms with van der Waals surface area (Å²) in [4.78, 5) is 25.8. The van der Waals surface area contributed by atoms with E-state index in [4.69, 9.17) is 4.98 Å². The summed E-state index contributed by atoms with van der Waals surface area (Å²) in [6.07, 6.45) is 0. The number of anilines is 1. The van der Waals surface area contributed by atoms with Crippen LogP contribution in [0.4, 0.5) is 10.2 Å². The Kier molecular flexibility index (Phi) is 4.24. The second-order valence-corrected chi connectivity index (χ2v) is 6.41. The van der Waals surface area contributed by atoms with Gasteiger partial charge in [-0.05, 0) is 37.3 Å². The number of nitrogens with zero attached hydrogens (tertiary/aromatic N) is 4. The van der Waals surface area contributed by atoms with E-state index >= 15 is 0 Å². The fraction of sp³-hybridized carbons (Fsp3) is 0.250. The first-order chi connectivity index (χ1) is 12.6. The number of benzene rings is 2. The van der Waals surface area contributed by atoms with Gasteiger partial charge in [-0.1, -0.05) is 18.2 Å². The van der Waals surface area contributed by atoms with Crippen molar-refractivity contribution in [1.82, 2.24) is 14.9 Å². The number of hydrogen-bond donors (Lipinski definition) is 0. The lowest BCUT2D eigenvalue weighted by Crippen LogP contribution is -2.49. The van der Waals surface area contributed by atoms with Gasteiger partial charge in [-0.25, -0.2) is 14.4 Å². The lowest BCUT2D eigenvalue weighted by molar-refractivity contribution is 0.0746. The Morgan fingerprint density at radius 1 is 0.962 bits per heavy atom. The van der Waals surface area contributed by atoms with Crippen molar-refractivity contribution in [2.45, 2.75) is 6.92 Å². The Bertz CT molecular complexity index is 967. The van der Waals surface area contributed by atoms with Gasteiger partial charge in [-0.3, -0.25) is 4.79 Å². The fourth-order valence-corrected chi connectivity index (χ4v) is 3.30. The summed E-state index contributed by atoms with van der Waals surface area (Å²) in [5, 5.41) is 0. The molecule has 1 aliphatic rings. The average Bonchev–Trinajstić information content (AvgIpc) is 2.67. The molecule has 0 bridgehead atoms. The van der Waals surface area contributed by atoms with Gasteiger partial charge in [0.25, 0.3) is 5.91 Å². The van der Waals surface area contributed by atoms with Crippen molar-refractivity contribution >= 4 is 22.8 Å². The van der Waals surface area contributed by atoms with Gasteiger partial charge in [-0.15, -0.1) is 0 Å². The first-order valence-corrected chi connectivity index (χ1v) is 8.65. The lowest BCUT2D eigenvalue weighted by atomic mass is 10.1. The van der Waals surface area contributed by atoms with Crippen molar-refractivity contribution in [3.8, 4) is 0 Å². The van der Waals surface area contributed by atoms with Crippen molar-refractivity contribution in [3.05, 3.63) is 65.6 Å². The Labute approximate surface area is 151 Å². The molecule has 4 rings (SSSR count). The van der Waals surface area contributed by atoms with Crippen molar-refractivity contribution < 1.29 is 9.18 Å². The number of amides is 1. The molecule has 6 heteroatoms. The summed E-state index contributed by atoms with van der Waals surface area (Å²) < 4.78 is 13.4. The summed E-state index contributed by atoms with van der Waals surface area (Å²) in [5.41, 5.74) is 3.02. The van der Waals surface area contributed by atoms with Gasteiger partial charge in [-0.2, -0.15) is 0 Å². The van der Waals surface area contributed by atoms with Crippen LogP contribution < -0.4 is 4.90 Å². The van der Waals surface area contributed by atoms with Crippen molar-refractivity contribution in [2.24, 2.45) is 0 Å². The van der Waals surface area contributed by atoms with Gasteiger partial charge in [0, 0.05) is 31.7 Å². The molecule has 0 unspecified atom stereocenters. The minimum atomic E-state index is -0.392. The number of para-hydroxylation sites is 2. The fourth-order valence-electron chi connectivity index (χ4n) is 3.30. The van der Waals surface area contributed by atoms with E-state index in [1.54, 1.807) is 17.0 Å². The van der Waals surface area contributed by atoms with Crippen LogP contribution in [0, 0.1) is 12.7 Å². The number of carbonyl (C=O) groups excluding carboxylic acids is 1. The van der Waals surface area contributed by atoms with Gasteiger partial charge in [0.15, 0.2) is 5.82 Å². The van der Waals surface area contributed by atoms with E-state index < -0.39 is 5.82 Å². The zero-order chi connectivity index (χ0) is 18.1. The molecule has 1 aliphatic heterocycles. The molecule has 0 atom stereocenters. The highest BCUT2D eigenvalue weighted by Gasteiger charge is 2.24. The van der Waals surface area contributed by atoms with Crippen LogP contribution in [-0.2, 0) is 0 Å². The molecule has 0 saturated carbocycles. The maximum atomic E-state index is 13.4. The maximum absolute atomic E-state index is 13.4. The number of aryl methyl sites for hydroxylation is 1. The topological polar surface area (TPSA) is 49.3 Å². The molecule has 1 saturated heterocycles. The number of piperazine rings is 1. The third-order valence-corrected chi connectivity index (χ3v) is 4.66. The van der Waals surface area contributed by atoms with Gasteiger partial charge in [0.2, 0.25) is 0 Å². The summed E-state index contributed by atoms with van der Waals surface area (Å²) in [7, 11) is 0. The molecule has 2 aromatic carbocycles. The second kappa shape index (κ2) is 6.71. The third kappa shape index (κ3) is 3.10. The Balaban J connectivity index is 1.50. The number of hydrogen-bond acceptors (Lipinski definition) is 4. The Morgan fingerprint density at radius 3 is 2.35 bits per heavy atom. The van der Waals surface area contributed by atoms with Crippen LogP contribution in [0.15, 0.2) is 48.5 Å². The largest absolute Gasteiger partial charge is 0.352 e. The van der Waals surface area contributed by atoms with Crippen LogP contribution in [0.3, 0.4) is 0 Å². The number of rotatable bonds is 2. The third-order valence-electron chi connectivity index (χ3n) is 4.66. The Hall–Kier alpha value is -3.02. The van der Waals surface area contributed by atoms with Crippen LogP contribution >= 0.6 is 0 Å². The molecule has 1 fully saturated rings. The molecule has 1 aromatic heterocycles. The molecule has 0 radical (unpaired) electrons. The zero-order valence-electron chi connectivity index (χ0n) is 14.5. The van der Waals surface area contributed by atoms with Crippen LogP contribution in [0.2, 0.25) is 0 Å². The quantitative estimate of drug-likeness (QED) is 0.713. The molecule has 0 aliphatic carbocycles. The highest BCUT2D eigenvalue weighted by atomic mass is 19.1. The van der Waals surface area contributed by atoms with Crippen LogP contribution in [-0.4, -0.2) is 47.0 Å². The molecule has 2 heterocycles. The van der Waals surface area contributed by atoms with Crippen LogP contribution in [0.1, 0.15) is 16.1 Å². The molecule has 0 N–H and O–H groups in total. The summed E-state index contributed by atoms with van der Waals surface area (Å²) in [6.45, 7) is 4.45. The van der Waals surface area contributed by atoms with E-state index in [1.807, 2.05) is 31.2 Å². The average molecular weight is 350 g/mol. The van der Waals surface area contributed by atoms with E-state index in [0.717, 1.165) is 22.5 Å². The molecule has 0 spiro atoms. The number of halogens is 1. The zero-order valence-corrected chi connectivity index (χ0v) is 14.5. The normalized spacial score (nSPS) is 14.7. The summed E-state index contributed by atoms with van der Waals surface area (Å²) >= 11 is 0. The van der Waals surface area contributed by atoms with Gasteiger partial charge in [0.1, 0.15) is 5.82 Å². The monoisotopic (exact) mass is 350 g/mol. The summed E-state index contributed by atoms with van der Waals surface area (Å²) in [6, 6.07) is 13.6. The summed E-state index contributed by atoms with van der Waals surface area (Å²) in [5.74, 6) is 0.337. The predicted molar refractivity (Wildman–Crippen MR) is 98.8 cm³/mol. The van der Waals surface area contributed by atoms with Crippen molar-refractivity contribution in [2.75, 3.05) is 31.1 Å². The number of fused-ring (bicyclic) bond motifs is 1. The first-order valence-electron chi connectivity index (χ1n) is 8.65. The van der Waals surface area contributed by atoms with Crippen molar-refractivity contribution in [3.63, 3.8) is 0 Å². The van der Waals surface area contributed by atoms with Gasteiger partial charge in [0.05, 0.1) is 16.7 Å². The van der Waals surface area contributed by atoms with E-state index in [0.29, 0.717) is 31.7 Å². The van der Waals surface area contributed by atoms with Crippen LogP contribution in [0.25, 0.3) is 11.0 Å². The van der Waals surface area contributed by atoms with Gasteiger partial charge < -0.3 is 9.80 Å². The van der Waals surface area contributed by atoms with E-state index in [9.17, 15) is 9.18 Å². The van der Waals surface area contributed by atoms with Crippen molar-refractivity contribution in [1.29, 1.82) is 0 Å². The maximum Gasteiger partial charge on any atom is 0.254 e. The molecule has 3 aromatic rings. The lowest BCUT2D eigenvalue weighted by Gasteiger charge is -2.36. The SMILES string of the molecule is Cc1nc2ccccc2nc1N1CCN(C(=O)c2cccc(F)c2)CC1. The molecule has 26 heavy (non-hydrogen) atoms. The van der Waals surface area contributed by atoms with E-state index in [2.05, 4.69) is 9.88 Å². The number of carbonyl (C=O) groups is 1. The highest BCUT2D eigenvalue weighted by Crippen LogP contribution is 2.21. The smallest absolute Gasteiger partial charge is 0.254 e. The molecular weight excluding hydrogens is 331 g/mol. The van der Waals surface area contributed by atoms with E-state index in [1.165, 1.54) is 12.1 Å². The Morgan fingerprint density at radius 2 is 1.65 bits per heavy atom. The van der Waals surface area contributed by atoms with Crippen LogP contribution in [0.5, 0.6) is 0 Å².